The Morgan fingerprint density at radius 1 is 1.50 bits per heavy atom. The molecule has 0 aromatic heterocycles. The Kier molecular flexibility index (Phi) is 3.20. The Hall–Kier alpha value is -0.0400. The third kappa shape index (κ3) is 1.98. The molecule has 0 unspecified atom stereocenters. The van der Waals surface area contributed by atoms with Gasteiger partial charge < -0.3 is 4.90 Å². The maximum absolute atomic E-state index is 2.51. The molecule has 1 heterocycles. The van der Waals surface area contributed by atoms with Crippen LogP contribution < -0.4 is 0 Å². The molecule has 1 aliphatic heterocycles. The number of likely N-dealkylation sites (tertiary alicyclic amines) is 1. The van der Waals surface area contributed by atoms with Crippen molar-refractivity contribution in [3.8, 4) is 0 Å². The summed E-state index contributed by atoms with van der Waals surface area (Å²) in [6.07, 6.45) is 7.05. The van der Waals surface area contributed by atoms with Crippen LogP contribution in [0.1, 0.15) is 39.0 Å². The van der Waals surface area contributed by atoms with Crippen LogP contribution in [-0.4, -0.2) is 24.5 Å². The molecule has 60 valence electrons. The fraction of sp³-hybridized carbons (Fsp3) is 1.00. The Morgan fingerprint density at radius 3 is 2.80 bits per heavy atom. The van der Waals surface area contributed by atoms with Crippen LogP contribution in [0.2, 0.25) is 0 Å². The van der Waals surface area contributed by atoms with Gasteiger partial charge in [0.25, 0.3) is 0 Å². The summed E-state index contributed by atoms with van der Waals surface area (Å²) in [5, 5.41) is 0. The van der Waals surface area contributed by atoms with Gasteiger partial charge in [0.05, 0.1) is 0 Å². The number of rotatable bonds is 3. The summed E-state index contributed by atoms with van der Waals surface area (Å²) >= 11 is 0. The van der Waals surface area contributed by atoms with Crippen LogP contribution >= 0.6 is 0 Å². The molecule has 0 spiro atoms. The van der Waals surface area contributed by atoms with E-state index in [1.54, 1.807) is 0 Å². The highest BCUT2D eigenvalue weighted by Gasteiger charge is 2.19. The lowest BCUT2D eigenvalue weighted by Gasteiger charge is -2.18. The molecule has 10 heavy (non-hydrogen) atoms. The second-order valence-corrected chi connectivity index (χ2v) is 3.42. The lowest BCUT2D eigenvalue weighted by molar-refractivity contribution is 0.291. The molecule has 0 aliphatic carbocycles. The van der Waals surface area contributed by atoms with E-state index >= 15 is 0 Å². The molecule has 0 aromatic rings. The molecule has 0 N–H and O–H groups in total. The first kappa shape index (κ1) is 8.06. The third-order valence-electron chi connectivity index (χ3n) is 2.56. The van der Waals surface area contributed by atoms with E-state index in [2.05, 4.69) is 18.9 Å². The largest absolute Gasteiger partial charge is 0.303 e. The summed E-state index contributed by atoms with van der Waals surface area (Å²) in [7, 11) is 2.26. The molecule has 1 atom stereocenters. The lowest BCUT2D eigenvalue weighted by Crippen LogP contribution is -2.24. The highest BCUT2D eigenvalue weighted by Crippen LogP contribution is 2.19. The molecular weight excluding hydrogens is 122 g/mol. The van der Waals surface area contributed by atoms with Crippen molar-refractivity contribution in [1.82, 2.24) is 4.90 Å². The Labute approximate surface area is 64.4 Å². The second kappa shape index (κ2) is 3.97. The average molecular weight is 141 g/mol. The molecule has 0 radical (unpaired) electrons. The zero-order valence-electron chi connectivity index (χ0n) is 7.27. The van der Waals surface area contributed by atoms with Gasteiger partial charge in [-0.3, -0.25) is 0 Å². The summed E-state index contributed by atoms with van der Waals surface area (Å²) < 4.78 is 0. The molecule has 1 aliphatic rings. The van der Waals surface area contributed by atoms with Crippen LogP contribution in [0.5, 0.6) is 0 Å². The first-order chi connectivity index (χ1) is 4.84. The summed E-state index contributed by atoms with van der Waals surface area (Å²) in [6, 6.07) is 0.917. The number of hydrogen-bond acceptors (Lipinski definition) is 1. The van der Waals surface area contributed by atoms with Gasteiger partial charge in [0, 0.05) is 6.04 Å². The predicted octanol–water partition coefficient (Wildman–Crippen LogP) is 2.27. The van der Waals surface area contributed by atoms with Crippen LogP contribution in [0.3, 0.4) is 0 Å². The van der Waals surface area contributed by atoms with Gasteiger partial charge in [0.15, 0.2) is 0 Å². The van der Waals surface area contributed by atoms with Crippen LogP contribution in [-0.2, 0) is 0 Å². The van der Waals surface area contributed by atoms with E-state index in [9.17, 15) is 0 Å². The van der Waals surface area contributed by atoms with Gasteiger partial charge >= 0.3 is 0 Å². The van der Waals surface area contributed by atoms with Gasteiger partial charge in [0.2, 0.25) is 0 Å². The molecule has 0 bridgehead atoms. The number of unbranched alkanes of at least 4 members (excludes halogenated alkanes) is 1. The smallest absolute Gasteiger partial charge is 0.00926 e. The molecule has 0 amide bonds. The quantitative estimate of drug-likeness (QED) is 0.583. The normalized spacial score (nSPS) is 27.6. The zero-order valence-corrected chi connectivity index (χ0v) is 7.27. The molecule has 1 fully saturated rings. The maximum Gasteiger partial charge on any atom is 0.00926 e. The SMILES string of the molecule is CCCC[C@H]1CCCN1C. The minimum absolute atomic E-state index is 0.917. The summed E-state index contributed by atoms with van der Waals surface area (Å²) in [6.45, 7) is 3.60. The van der Waals surface area contributed by atoms with Crippen LogP contribution in [0.15, 0.2) is 0 Å². The minimum atomic E-state index is 0.917. The van der Waals surface area contributed by atoms with E-state index in [4.69, 9.17) is 0 Å². The summed E-state index contributed by atoms with van der Waals surface area (Å²) in [5.74, 6) is 0. The van der Waals surface area contributed by atoms with E-state index < -0.39 is 0 Å². The van der Waals surface area contributed by atoms with Gasteiger partial charge in [-0.2, -0.15) is 0 Å². The molecule has 0 aromatic carbocycles. The van der Waals surface area contributed by atoms with Crippen molar-refractivity contribution in [3.63, 3.8) is 0 Å². The van der Waals surface area contributed by atoms with E-state index in [1.807, 2.05) is 0 Å². The van der Waals surface area contributed by atoms with Crippen LogP contribution in [0.4, 0.5) is 0 Å². The minimum Gasteiger partial charge on any atom is -0.303 e. The first-order valence-electron chi connectivity index (χ1n) is 4.55. The zero-order chi connectivity index (χ0) is 7.40. The van der Waals surface area contributed by atoms with Gasteiger partial charge in [0.1, 0.15) is 0 Å². The molecule has 1 saturated heterocycles. The van der Waals surface area contributed by atoms with Crippen molar-refractivity contribution >= 4 is 0 Å². The fourth-order valence-electron chi connectivity index (χ4n) is 1.78. The molecular formula is C9H19N. The Bertz CT molecular complexity index is 90.7. The molecule has 1 nitrogen and oxygen atoms in total. The van der Waals surface area contributed by atoms with Crippen molar-refractivity contribution in [2.45, 2.75) is 45.1 Å². The van der Waals surface area contributed by atoms with Gasteiger partial charge in [-0.15, -0.1) is 0 Å². The highest BCUT2D eigenvalue weighted by molar-refractivity contribution is 4.75. The van der Waals surface area contributed by atoms with Crippen molar-refractivity contribution in [3.05, 3.63) is 0 Å². The van der Waals surface area contributed by atoms with Gasteiger partial charge in [-0.1, -0.05) is 19.8 Å². The number of nitrogens with zero attached hydrogens (tertiary/aromatic N) is 1. The van der Waals surface area contributed by atoms with Crippen molar-refractivity contribution in [1.29, 1.82) is 0 Å². The van der Waals surface area contributed by atoms with E-state index in [-0.39, 0.29) is 0 Å². The second-order valence-electron chi connectivity index (χ2n) is 3.42. The third-order valence-corrected chi connectivity index (χ3v) is 2.56. The number of hydrogen-bond donors (Lipinski definition) is 0. The Morgan fingerprint density at radius 2 is 2.30 bits per heavy atom. The molecule has 0 saturated carbocycles. The average Bonchev–Trinajstić information content (AvgIpc) is 2.31. The van der Waals surface area contributed by atoms with E-state index in [1.165, 1.54) is 38.6 Å². The van der Waals surface area contributed by atoms with Crippen molar-refractivity contribution < 1.29 is 0 Å². The maximum atomic E-state index is 2.51. The Balaban J connectivity index is 2.14. The van der Waals surface area contributed by atoms with Gasteiger partial charge in [-0.05, 0) is 32.9 Å². The van der Waals surface area contributed by atoms with Gasteiger partial charge in [-0.25, -0.2) is 0 Å². The molecule has 1 heteroatoms. The highest BCUT2D eigenvalue weighted by atomic mass is 15.1. The van der Waals surface area contributed by atoms with E-state index in [0.29, 0.717) is 0 Å². The van der Waals surface area contributed by atoms with Crippen LogP contribution in [0, 0.1) is 0 Å². The topological polar surface area (TPSA) is 3.24 Å². The first-order valence-corrected chi connectivity index (χ1v) is 4.55. The van der Waals surface area contributed by atoms with Crippen molar-refractivity contribution in [2.24, 2.45) is 0 Å². The summed E-state index contributed by atoms with van der Waals surface area (Å²) in [5.41, 5.74) is 0. The van der Waals surface area contributed by atoms with E-state index in [0.717, 1.165) is 6.04 Å². The lowest BCUT2D eigenvalue weighted by atomic mass is 10.1. The predicted molar refractivity (Wildman–Crippen MR) is 45.2 cm³/mol. The van der Waals surface area contributed by atoms with Crippen LogP contribution in [0.25, 0.3) is 0 Å². The molecule has 1 rings (SSSR count). The summed E-state index contributed by atoms with van der Waals surface area (Å²) in [4.78, 5) is 2.51. The standard InChI is InChI=1S/C9H19N/c1-3-4-6-9-7-5-8-10(9)2/h9H,3-8H2,1-2H3/t9-/m0/s1. The monoisotopic (exact) mass is 141 g/mol. The fourth-order valence-corrected chi connectivity index (χ4v) is 1.78. The van der Waals surface area contributed by atoms with Crippen molar-refractivity contribution in [2.75, 3.05) is 13.6 Å².